The molecule has 0 atom stereocenters. The van der Waals surface area contributed by atoms with Crippen LogP contribution in [-0.2, 0) is 9.59 Å². The smallest absolute Gasteiger partial charge is 0.310 e. The van der Waals surface area contributed by atoms with Crippen LogP contribution in [0.1, 0.15) is 23.5 Å². The summed E-state index contributed by atoms with van der Waals surface area (Å²) in [6, 6.07) is 14.5. The van der Waals surface area contributed by atoms with E-state index < -0.39 is 18.3 Å². The quantitative estimate of drug-likeness (QED) is 0.869. The Kier molecular flexibility index (Phi) is 2.99. The third kappa shape index (κ3) is 2.05. The second kappa shape index (κ2) is 4.81. The number of carbonyl (C=O) groups is 2. The first-order valence-electron chi connectivity index (χ1n) is 6.27. The van der Waals surface area contributed by atoms with Crippen LogP contribution in [0, 0.1) is 0 Å². The molecule has 0 unspecified atom stereocenters. The first-order valence-corrected chi connectivity index (χ1v) is 6.27. The number of carboxylic acid groups (broad SMARTS) is 1. The van der Waals surface area contributed by atoms with Crippen LogP contribution in [0.25, 0.3) is 0 Å². The normalized spacial score (nSPS) is 13.0. The molecule has 0 bridgehead atoms. The van der Waals surface area contributed by atoms with Crippen molar-refractivity contribution in [1.82, 2.24) is 0 Å². The molecule has 0 saturated carbocycles. The van der Waals surface area contributed by atoms with Crippen LogP contribution in [0.5, 0.6) is 11.5 Å². The monoisotopic (exact) mass is 268 g/mol. The number of carboxylic acids is 1. The minimum atomic E-state index is -1.11. The Balaban J connectivity index is 2.12. The van der Waals surface area contributed by atoms with Crippen molar-refractivity contribution in [1.29, 1.82) is 0 Å². The lowest BCUT2D eigenvalue weighted by Crippen LogP contribution is -2.21. The molecule has 0 amide bonds. The molecule has 1 heterocycles. The molecular weight excluding hydrogens is 256 g/mol. The molecule has 0 aliphatic carbocycles. The van der Waals surface area contributed by atoms with E-state index in [-0.39, 0.29) is 5.78 Å². The number of carbonyl (C=O) groups excluding carboxylic acids is 1. The van der Waals surface area contributed by atoms with Crippen molar-refractivity contribution in [3.05, 3.63) is 59.7 Å². The van der Waals surface area contributed by atoms with Crippen LogP contribution in [0.4, 0.5) is 0 Å². The van der Waals surface area contributed by atoms with Crippen LogP contribution < -0.4 is 4.74 Å². The van der Waals surface area contributed by atoms with Crippen molar-refractivity contribution < 1.29 is 19.4 Å². The SMILES string of the molecule is O=C(O)CC(=O)C1c2ccccc2Oc2ccccc21. The topological polar surface area (TPSA) is 63.6 Å². The van der Waals surface area contributed by atoms with Gasteiger partial charge < -0.3 is 9.84 Å². The predicted octanol–water partition coefficient (Wildman–Crippen LogP) is 2.97. The molecule has 0 radical (unpaired) electrons. The fourth-order valence-corrected chi connectivity index (χ4v) is 2.51. The standard InChI is InChI=1S/C16H12O4/c17-12(9-15(18)19)16-10-5-1-3-7-13(10)20-14-8-4-2-6-11(14)16/h1-8,16H,9H2,(H,18,19). The maximum Gasteiger partial charge on any atom is 0.310 e. The number of Topliss-reactive ketones (excluding diaryl/α,β-unsaturated/α-hetero) is 1. The zero-order chi connectivity index (χ0) is 14.1. The zero-order valence-electron chi connectivity index (χ0n) is 10.6. The lowest BCUT2D eigenvalue weighted by molar-refractivity contribution is -0.140. The minimum absolute atomic E-state index is 0.333. The van der Waals surface area contributed by atoms with E-state index in [1.54, 1.807) is 24.3 Å². The molecular formula is C16H12O4. The maximum absolute atomic E-state index is 12.3. The van der Waals surface area contributed by atoms with Crippen LogP contribution in [0.2, 0.25) is 0 Å². The largest absolute Gasteiger partial charge is 0.481 e. The number of hydrogen-bond acceptors (Lipinski definition) is 3. The van der Waals surface area contributed by atoms with Gasteiger partial charge in [0.1, 0.15) is 17.9 Å². The van der Waals surface area contributed by atoms with E-state index in [1.165, 1.54) is 0 Å². The van der Waals surface area contributed by atoms with Gasteiger partial charge in [0, 0.05) is 11.1 Å². The summed E-state index contributed by atoms with van der Waals surface area (Å²) in [5, 5.41) is 8.86. The highest BCUT2D eigenvalue weighted by Crippen LogP contribution is 2.44. The highest BCUT2D eigenvalue weighted by Gasteiger charge is 2.32. The van der Waals surface area contributed by atoms with E-state index in [9.17, 15) is 9.59 Å². The Labute approximate surface area is 115 Å². The van der Waals surface area contributed by atoms with Crippen LogP contribution in [0.15, 0.2) is 48.5 Å². The van der Waals surface area contributed by atoms with E-state index in [0.717, 1.165) is 11.1 Å². The Morgan fingerprint density at radius 2 is 1.45 bits per heavy atom. The van der Waals surface area contributed by atoms with Crippen molar-refractivity contribution in [3.8, 4) is 11.5 Å². The number of hydrogen-bond donors (Lipinski definition) is 1. The minimum Gasteiger partial charge on any atom is -0.481 e. The number of para-hydroxylation sites is 2. The molecule has 1 aliphatic rings. The first-order chi connectivity index (χ1) is 9.66. The maximum atomic E-state index is 12.3. The molecule has 20 heavy (non-hydrogen) atoms. The third-order valence-corrected chi connectivity index (χ3v) is 3.33. The van der Waals surface area contributed by atoms with Crippen molar-refractivity contribution >= 4 is 11.8 Å². The molecule has 4 heteroatoms. The number of rotatable bonds is 3. The summed E-state index contributed by atoms with van der Waals surface area (Å²) in [4.78, 5) is 23.1. The fraction of sp³-hybridized carbons (Fsp3) is 0.125. The van der Waals surface area contributed by atoms with Crippen LogP contribution >= 0.6 is 0 Å². The summed E-state index contributed by atoms with van der Waals surface area (Å²) in [6.45, 7) is 0. The molecule has 0 spiro atoms. The molecule has 0 aromatic heterocycles. The van der Waals surface area contributed by atoms with E-state index >= 15 is 0 Å². The van der Waals surface area contributed by atoms with Crippen molar-refractivity contribution in [2.45, 2.75) is 12.3 Å². The van der Waals surface area contributed by atoms with Gasteiger partial charge >= 0.3 is 5.97 Å². The van der Waals surface area contributed by atoms with Crippen LogP contribution in [-0.4, -0.2) is 16.9 Å². The van der Waals surface area contributed by atoms with Gasteiger partial charge in [-0.05, 0) is 12.1 Å². The lowest BCUT2D eigenvalue weighted by atomic mass is 9.84. The molecule has 1 N–H and O–H groups in total. The van der Waals surface area contributed by atoms with Gasteiger partial charge in [-0.1, -0.05) is 36.4 Å². The Hall–Kier alpha value is -2.62. The molecule has 0 fully saturated rings. The third-order valence-electron chi connectivity index (χ3n) is 3.33. The molecule has 100 valence electrons. The van der Waals surface area contributed by atoms with Gasteiger partial charge in [0.05, 0.1) is 5.92 Å². The number of ether oxygens (including phenoxy) is 1. The second-order valence-corrected chi connectivity index (χ2v) is 4.65. The first kappa shape index (κ1) is 12.4. The Morgan fingerprint density at radius 1 is 0.950 bits per heavy atom. The number of fused-ring (bicyclic) bond motifs is 2. The number of ketones is 1. The summed E-state index contributed by atoms with van der Waals surface area (Å²) < 4.78 is 5.76. The highest BCUT2D eigenvalue weighted by atomic mass is 16.5. The number of benzene rings is 2. The van der Waals surface area contributed by atoms with Gasteiger partial charge in [0.25, 0.3) is 0 Å². The number of aliphatic carboxylic acids is 1. The summed E-state index contributed by atoms with van der Waals surface area (Å²) in [6.07, 6.45) is -0.493. The summed E-state index contributed by atoms with van der Waals surface area (Å²) in [5.41, 5.74) is 1.44. The van der Waals surface area contributed by atoms with Gasteiger partial charge in [0.15, 0.2) is 5.78 Å². The average molecular weight is 268 g/mol. The highest BCUT2D eigenvalue weighted by molar-refractivity contribution is 6.01. The lowest BCUT2D eigenvalue weighted by Gasteiger charge is -2.26. The molecule has 2 aromatic rings. The summed E-state index contributed by atoms with van der Waals surface area (Å²) in [7, 11) is 0. The van der Waals surface area contributed by atoms with E-state index in [4.69, 9.17) is 9.84 Å². The van der Waals surface area contributed by atoms with Gasteiger partial charge in [-0.2, -0.15) is 0 Å². The van der Waals surface area contributed by atoms with Crippen molar-refractivity contribution in [2.24, 2.45) is 0 Å². The van der Waals surface area contributed by atoms with E-state index in [1.807, 2.05) is 24.3 Å². The second-order valence-electron chi connectivity index (χ2n) is 4.65. The molecule has 4 nitrogen and oxygen atoms in total. The molecule has 1 aliphatic heterocycles. The summed E-state index contributed by atoms with van der Waals surface area (Å²) in [5.74, 6) is -0.811. The van der Waals surface area contributed by atoms with E-state index in [2.05, 4.69) is 0 Å². The van der Waals surface area contributed by atoms with Gasteiger partial charge in [0.2, 0.25) is 0 Å². The van der Waals surface area contributed by atoms with Crippen molar-refractivity contribution in [2.75, 3.05) is 0 Å². The van der Waals surface area contributed by atoms with Gasteiger partial charge in [-0.3, -0.25) is 9.59 Å². The molecule has 0 saturated heterocycles. The Morgan fingerprint density at radius 3 is 1.95 bits per heavy atom. The fourth-order valence-electron chi connectivity index (χ4n) is 2.51. The predicted molar refractivity (Wildman–Crippen MR) is 72.1 cm³/mol. The average Bonchev–Trinajstić information content (AvgIpc) is 2.43. The van der Waals surface area contributed by atoms with Gasteiger partial charge in [-0.15, -0.1) is 0 Å². The zero-order valence-corrected chi connectivity index (χ0v) is 10.6. The molecule has 2 aromatic carbocycles. The van der Waals surface area contributed by atoms with Crippen LogP contribution in [0.3, 0.4) is 0 Å². The Bertz CT molecular complexity index is 645. The summed E-state index contributed by atoms with van der Waals surface area (Å²) >= 11 is 0. The molecule has 3 rings (SSSR count). The van der Waals surface area contributed by atoms with Crippen molar-refractivity contribution in [3.63, 3.8) is 0 Å². The van der Waals surface area contributed by atoms with Gasteiger partial charge in [-0.25, -0.2) is 0 Å². The van der Waals surface area contributed by atoms with E-state index in [0.29, 0.717) is 11.5 Å².